The van der Waals surface area contributed by atoms with Crippen LogP contribution in [0.15, 0.2) is 79.6 Å². The number of aromatic amines is 1. The first-order chi connectivity index (χ1) is 14.5. The van der Waals surface area contributed by atoms with Crippen LogP contribution in [-0.2, 0) is 7.05 Å². The summed E-state index contributed by atoms with van der Waals surface area (Å²) in [6.07, 6.45) is 9.96. The van der Waals surface area contributed by atoms with E-state index < -0.39 is 0 Å². The summed E-state index contributed by atoms with van der Waals surface area (Å²) in [5.41, 5.74) is 5.90. The third-order valence-corrected chi connectivity index (χ3v) is 3.79. The lowest BCUT2D eigenvalue weighted by atomic mass is 10.3. The third kappa shape index (κ3) is 7.27. The molecule has 0 bridgehead atoms. The molecule has 0 saturated heterocycles. The van der Waals surface area contributed by atoms with Gasteiger partial charge in [0.1, 0.15) is 24.5 Å². The van der Waals surface area contributed by atoms with Crippen molar-refractivity contribution in [3.63, 3.8) is 0 Å². The molecule has 3 heterocycles. The van der Waals surface area contributed by atoms with Gasteiger partial charge in [-0.1, -0.05) is 24.8 Å². The van der Waals surface area contributed by atoms with Gasteiger partial charge in [0.05, 0.1) is 12.4 Å². The van der Waals surface area contributed by atoms with Gasteiger partial charge >= 0.3 is 0 Å². The molecule has 0 spiro atoms. The van der Waals surface area contributed by atoms with Crippen LogP contribution in [0.2, 0.25) is 0 Å². The SMILES string of the molecule is C=CC.C=CN=C.Cc1cnc2ccccc2[n+]1C.Cc1nc[nH+]c2nccnc12. The highest BCUT2D eigenvalue weighted by atomic mass is 15.0. The van der Waals surface area contributed by atoms with E-state index in [0.717, 1.165) is 22.4 Å². The van der Waals surface area contributed by atoms with Gasteiger partial charge in [0.15, 0.2) is 11.2 Å². The van der Waals surface area contributed by atoms with Crippen LogP contribution in [0.3, 0.4) is 0 Å². The Kier molecular flexibility index (Phi) is 10.7. The number of allylic oxidation sites excluding steroid dienone is 1. The number of nitrogens with one attached hydrogen (secondary N) is 1. The van der Waals surface area contributed by atoms with Gasteiger partial charge < -0.3 is 0 Å². The number of fused-ring (bicyclic) bond motifs is 2. The van der Waals surface area contributed by atoms with Crippen LogP contribution in [0.4, 0.5) is 0 Å². The van der Waals surface area contributed by atoms with Crippen molar-refractivity contribution in [3.05, 3.63) is 86.0 Å². The van der Waals surface area contributed by atoms with Crippen LogP contribution < -0.4 is 9.55 Å². The number of aliphatic imine (C=N–C) groups is 1. The van der Waals surface area contributed by atoms with Crippen molar-refractivity contribution in [2.24, 2.45) is 12.0 Å². The molecule has 1 N–H and O–H groups in total. The van der Waals surface area contributed by atoms with Gasteiger partial charge in [-0.3, -0.25) is 4.99 Å². The summed E-state index contributed by atoms with van der Waals surface area (Å²) in [5.74, 6) is 0. The summed E-state index contributed by atoms with van der Waals surface area (Å²) < 4.78 is 2.14. The van der Waals surface area contributed by atoms with E-state index in [-0.39, 0.29) is 0 Å². The Morgan fingerprint density at radius 2 is 1.67 bits per heavy atom. The molecule has 0 radical (unpaired) electrons. The smallest absolute Gasteiger partial charge is 0.273 e. The summed E-state index contributed by atoms with van der Waals surface area (Å²) >= 11 is 0. The second-order valence-corrected chi connectivity index (χ2v) is 5.96. The minimum Gasteiger partial charge on any atom is -0.273 e. The number of aryl methyl sites for hydroxylation is 3. The zero-order chi connectivity index (χ0) is 22.4. The largest absolute Gasteiger partial charge is 0.289 e. The lowest BCUT2D eigenvalue weighted by Crippen LogP contribution is -2.32. The lowest BCUT2D eigenvalue weighted by molar-refractivity contribution is -0.651. The molecule has 3 aromatic heterocycles. The number of hydrogen-bond acceptors (Lipinski definition) is 5. The van der Waals surface area contributed by atoms with Crippen molar-refractivity contribution in [1.82, 2.24) is 19.9 Å². The van der Waals surface area contributed by atoms with Crippen molar-refractivity contribution in [2.45, 2.75) is 20.8 Å². The number of benzene rings is 1. The Balaban J connectivity index is 0.000000231. The molecule has 0 atom stereocenters. The summed E-state index contributed by atoms with van der Waals surface area (Å²) in [7, 11) is 2.05. The third-order valence-electron chi connectivity index (χ3n) is 3.79. The van der Waals surface area contributed by atoms with E-state index in [1.807, 2.05) is 38.2 Å². The molecule has 154 valence electrons. The second kappa shape index (κ2) is 13.3. The van der Waals surface area contributed by atoms with Crippen LogP contribution in [0, 0.1) is 13.8 Å². The molecule has 7 nitrogen and oxygen atoms in total. The highest BCUT2D eigenvalue weighted by Crippen LogP contribution is 2.05. The van der Waals surface area contributed by atoms with Gasteiger partial charge in [-0.25, -0.2) is 15.0 Å². The van der Waals surface area contributed by atoms with E-state index in [9.17, 15) is 0 Å². The van der Waals surface area contributed by atoms with Crippen LogP contribution in [-0.4, -0.2) is 26.7 Å². The minimum atomic E-state index is 0.778. The number of nitrogens with zero attached hydrogens (tertiary/aromatic N) is 6. The van der Waals surface area contributed by atoms with Crippen molar-refractivity contribution >= 4 is 28.9 Å². The summed E-state index contributed by atoms with van der Waals surface area (Å²) in [6.45, 7) is 15.6. The highest BCUT2D eigenvalue weighted by Gasteiger charge is 2.07. The fraction of sp³-hybridized carbons (Fsp3) is 0.174. The van der Waals surface area contributed by atoms with E-state index in [1.54, 1.807) is 24.8 Å². The maximum absolute atomic E-state index is 4.32. The fourth-order valence-corrected chi connectivity index (χ4v) is 2.26. The van der Waals surface area contributed by atoms with Crippen LogP contribution in [0.25, 0.3) is 22.2 Å². The molecule has 0 amide bonds. The zero-order valence-electron chi connectivity index (χ0n) is 18.1. The highest BCUT2D eigenvalue weighted by molar-refractivity contribution is 5.70. The van der Waals surface area contributed by atoms with Gasteiger partial charge in [-0.05, 0) is 26.6 Å². The maximum atomic E-state index is 4.32. The Bertz CT molecular complexity index is 1100. The quantitative estimate of drug-likeness (QED) is 0.276. The van der Waals surface area contributed by atoms with Crippen molar-refractivity contribution in [2.75, 3.05) is 0 Å². The molecular weight excluding hydrogens is 374 g/mol. The Morgan fingerprint density at radius 3 is 2.30 bits per heavy atom. The molecule has 0 aliphatic carbocycles. The van der Waals surface area contributed by atoms with Crippen molar-refractivity contribution in [1.29, 1.82) is 0 Å². The minimum absolute atomic E-state index is 0.778. The zero-order valence-corrected chi connectivity index (χ0v) is 18.1. The predicted molar refractivity (Wildman–Crippen MR) is 122 cm³/mol. The van der Waals surface area contributed by atoms with Gasteiger partial charge in [0.25, 0.3) is 5.65 Å². The van der Waals surface area contributed by atoms with Gasteiger partial charge in [0.2, 0.25) is 11.8 Å². The van der Waals surface area contributed by atoms with Crippen molar-refractivity contribution < 1.29 is 9.55 Å². The molecule has 4 rings (SSSR count). The van der Waals surface area contributed by atoms with E-state index in [4.69, 9.17) is 0 Å². The van der Waals surface area contributed by atoms with Crippen LogP contribution in [0.1, 0.15) is 18.3 Å². The Hall–Kier alpha value is -3.87. The summed E-state index contributed by atoms with van der Waals surface area (Å²) in [6, 6.07) is 8.14. The second-order valence-electron chi connectivity index (χ2n) is 5.96. The average Bonchev–Trinajstić information content (AvgIpc) is 2.78. The molecule has 7 heteroatoms. The molecule has 0 aliphatic heterocycles. The van der Waals surface area contributed by atoms with Crippen LogP contribution in [0.5, 0.6) is 0 Å². The van der Waals surface area contributed by atoms with Crippen LogP contribution >= 0.6 is 0 Å². The molecular formula is C23H29N7+2. The molecule has 1 aromatic carbocycles. The Labute approximate surface area is 177 Å². The van der Waals surface area contributed by atoms with Gasteiger partial charge in [-0.15, -0.1) is 16.5 Å². The molecule has 0 aliphatic rings. The van der Waals surface area contributed by atoms with Gasteiger partial charge in [0, 0.05) is 19.2 Å². The number of rotatable bonds is 1. The molecule has 30 heavy (non-hydrogen) atoms. The van der Waals surface area contributed by atoms with Gasteiger partial charge in [-0.2, -0.15) is 4.57 Å². The molecule has 0 saturated carbocycles. The topological polar surface area (TPSA) is 81.9 Å². The first-order valence-electron chi connectivity index (χ1n) is 9.28. The standard InChI is InChI=1S/C10H11N2.C7H6N4.C3H5N.C3H6/c1-8-7-11-9-5-3-4-6-10(9)12(8)2;1-5-6-7(11-4-10-5)9-3-2-8-6;1-3-4-2;1-3-2/h3-7H,1-2H3;2-4H,1H3;3H,1-2H2;3H,1H2,2H3/q+1;;;/p+1. The monoisotopic (exact) mass is 403 g/mol. The normalized spacial score (nSPS) is 9.07. The first-order valence-corrected chi connectivity index (χ1v) is 9.28. The number of hydrogen-bond donors (Lipinski definition) is 0. The average molecular weight is 404 g/mol. The van der Waals surface area contributed by atoms with Crippen molar-refractivity contribution in [3.8, 4) is 0 Å². The van der Waals surface area contributed by atoms with E-state index in [1.165, 1.54) is 17.4 Å². The summed E-state index contributed by atoms with van der Waals surface area (Å²) in [5, 5.41) is 0. The maximum Gasteiger partial charge on any atom is 0.289 e. The number of H-pyrrole nitrogens is 1. The number of aromatic nitrogens is 6. The summed E-state index contributed by atoms with van der Waals surface area (Å²) in [4.78, 5) is 22.7. The lowest BCUT2D eigenvalue weighted by Gasteiger charge is -1.96. The van der Waals surface area contributed by atoms with E-state index in [2.05, 4.69) is 74.4 Å². The molecule has 4 aromatic rings. The molecule has 0 unspecified atom stereocenters. The first kappa shape index (κ1) is 24.2. The van der Waals surface area contributed by atoms with E-state index in [0.29, 0.717) is 0 Å². The fourth-order valence-electron chi connectivity index (χ4n) is 2.26. The number of para-hydroxylation sites is 2. The molecule has 0 fully saturated rings. The van der Waals surface area contributed by atoms with E-state index >= 15 is 0 Å². The predicted octanol–water partition coefficient (Wildman–Crippen LogP) is 3.54. The Morgan fingerprint density at radius 1 is 1.03 bits per heavy atom.